The van der Waals surface area contributed by atoms with Crippen molar-refractivity contribution in [1.82, 2.24) is 4.90 Å². The molecular formula is C23H21F2NO3. The molecule has 0 saturated carbocycles. The number of halogens is 2. The van der Waals surface area contributed by atoms with Crippen molar-refractivity contribution < 1.29 is 23.0 Å². The van der Waals surface area contributed by atoms with E-state index in [-0.39, 0.29) is 11.7 Å². The van der Waals surface area contributed by atoms with Gasteiger partial charge in [-0.05, 0) is 47.5 Å². The van der Waals surface area contributed by atoms with Crippen LogP contribution in [-0.2, 0) is 13.2 Å². The SMILES string of the molecule is CN(Cc1ccc(OC(F)F)cc1)C(=O)c1ccc(COc2ccccc2)cc1. The minimum Gasteiger partial charge on any atom is -0.489 e. The molecule has 0 heterocycles. The molecule has 0 atom stereocenters. The zero-order chi connectivity index (χ0) is 20.6. The normalized spacial score (nSPS) is 10.6. The molecule has 0 spiro atoms. The van der Waals surface area contributed by atoms with E-state index >= 15 is 0 Å². The molecule has 0 bridgehead atoms. The van der Waals surface area contributed by atoms with Crippen LogP contribution in [0, 0.1) is 0 Å². The second kappa shape index (κ2) is 9.68. The summed E-state index contributed by atoms with van der Waals surface area (Å²) >= 11 is 0. The van der Waals surface area contributed by atoms with Gasteiger partial charge in [0.2, 0.25) is 0 Å². The first kappa shape index (κ1) is 20.3. The molecule has 0 aromatic heterocycles. The number of amides is 1. The van der Waals surface area contributed by atoms with Gasteiger partial charge in [-0.1, -0.05) is 42.5 Å². The molecule has 3 rings (SSSR count). The van der Waals surface area contributed by atoms with Gasteiger partial charge in [0.15, 0.2) is 0 Å². The van der Waals surface area contributed by atoms with E-state index in [1.165, 1.54) is 12.1 Å². The summed E-state index contributed by atoms with van der Waals surface area (Å²) in [5, 5.41) is 0. The molecule has 0 saturated heterocycles. The fourth-order valence-electron chi connectivity index (χ4n) is 2.77. The highest BCUT2D eigenvalue weighted by molar-refractivity contribution is 5.94. The van der Waals surface area contributed by atoms with Crippen LogP contribution in [0.4, 0.5) is 8.78 Å². The molecule has 4 nitrogen and oxygen atoms in total. The number of hydrogen-bond donors (Lipinski definition) is 0. The quantitative estimate of drug-likeness (QED) is 0.528. The summed E-state index contributed by atoms with van der Waals surface area (Å²) < 4.78 is 34.4. The number of rotatable bonds is 8. The molecule has 0 N–H and O–H groups in total. The molecule has 0 radical (unpaired) electrons. The van der Waals surface area contributed by atoms with Crippen LogP contribution in [0.1, 0.15) is 21.5 Å². The third kappa shape index (κ3) is 6.04. The smallest absolute Gasteiger partial charge is 0.387 e. The Kier molecular flexibility index (Phi) is 6.79. The van der Waals surface area contributed by atoms with Crippen LogP contribution in [0.2, 0.25) is 0 Å². The van der Waals surface area contributed by atoms with Crippen molar-refractivity contribution in [3.05, 3.63) is 95.6 Å². The Balaban J connectivity index is 1.55. The zero-order valence-electron chi connectivity index (χ0n) is 15.9. The van der Waals surface area contributed by atoms with Crippen molar-refractivity contribution in [2.24, 2.45) is 0 Å². The minimum absolute atomic E-state index is 0.0889. The first-order valence-corrected chi connectivity index (χ1v) is 9.07. The molecule has 0 aliphatic carbocycles. The summed E-state index contributed by atoms with van der Waals surface area (Å²) in [5.41, 5.74) is 2.34. The van der Waals surface area contributed by atoms with Crippen molar-refractivity contribution in [2.45, 2.75) is 19.8 Å². The number of carbonyl (C=O) groups excluding carboxylic acids is 1. The van der Waals surface area contributed by atoms with E-state index in [0.29, 0.717) is 18.7 Å². The summed E-state index contributed by atoms with van der Waals surface area (Å²) in [5.74, 6) is 0.747. The molecule has 150 valence electrons. The molecule has 3 aromatic rings. The van der Waals surface area contributed by atoms with E-state index < -0.39 is 6.61 Å². The monoisotopic (exact) mass is 397 g/mol. The fraction of sp³-hybridized carbons (Fsp3) is 0.174. The van der Waals surface area contributed by atoms with Gasteiger partial charge in [-0.15, -0.1) is 0 Å². The lowest BCUT2D eigenvalue weighted by atomic mass is 10.1. The van der Waals surface area contributed by atoms with Crippen LogP contribution in [0.5, 0.6) is 11.5 Å². The molecule has 3 aromatic carbocycles. The fourth-order valence-corrected chi connectivity index (χ4v) is 2.77. The predicted octanol–water partition coefficient (Wildman–Crippen LogP) is 5.14. The first-order chi connectivity index (χ1) is 14.0. The maximum Gasteiger partial charge on any atom is 0.387 e. The van der Waals surface area contributed by atoms with Gasteiger partial charge < -0.3 is 14.4 Å². The van der Waals surface area contributed by atoms with Gasteiger partial charge in [-0.25, -0.2) is 0 Å². The number of nitrogens with zero attached hydrogens (tertiary/aromatic N) is 1. The third-order valence-electron chi connectivity index (χ3n) is 4.26. The van der Waals surface area contributed by atoms with Crippen LogP contribution in [0.15, 0.2) is 78.9 Å². The Morgan fingerprint density at radius 3 is 2.10 bits per heavy atom. The topological polar surface area (TPSA) is 38.8 Å². The van der Waals surface area contributed by atoms with E-state index in [1.54, 1.807) is 36.2 Å². The Hall–Kier alpha value is -3.41. The van der Waals surface area contributed by atoms with Gasteiger partial charge in [-0.3, -0.25) is 4.79 Å². The van der Waals surface area contributed by atoms with Gasteiger partial charge in [0.25, 0.3) is 5.91 Å². The maximum absolute atomic E-state index is 12.6. The van der Waals surface area contributed by atoms with Gasteiger partial charge >= 0.3 is 6.61 Å². The summed E-state index contributed by atoms with van der Waals surface area (Å²) in [6.07, 6.45) is 0. The highest BCUT2D eigenvalue weighted by Crippen LogP contribution is 2.17. The number of para-hydroxylation sites is 1. The molecular weight excluding hydrogens is 376 g/mol. The zero-order valence-corrected chi connectivity index (χ0v) is 15.9. The predicted molar refractivity (Wildman–Crippen MR) is 106 cm³/mol. The molecule has 6 heteroatoms. The van der Waals surface area contributed by atoms with Crippen molar-refractivity contribution in [1.29, 1.82) is 0 Å². The molecule has 0 aliphatic heterocycles. The van der Waals surface area contributed by atoms with Crippen LogP contribution in [0.3, 0.4) is 0 Å². The molecule has 0 unspecified atom stereocenters. The summed E-state index contributed by atoms with van der Waals surface area (Å²) in [6.45, 7) is -2.08. The Morgan fingerprint density at radius 1 is 0.862 bits per heavy atom. The number of carbonyl (C=O) groups is 1. The lowest BCUT2D eigenvalue weighted by Crippen LogP contribution is -2.26. The second-order valence-corrected chi connectivity index (χ2v) is 6.48. The highest BCUT2D eigenvalue weighted by Gasteiger charge is 2.12. The lowest BCUT2D eigenvalue weighted by Gasteiger charge is -2.18. The lowest BCUT2D eigenvalue weighted by molar-refractivity contribution is -0.0498. The molecule has 0 aliphatic rings. The molecule has 0 fully saturated rings. The standard InChI is InChI=1S/C23H21F2NO3/c1-26(15-17-9-13-21(14-10-17)29-23(24)25)22(27)19-11-7-18(8-12-19)16-28-20-5-3-2-4-6-20/h2-14,23H,15-16H2,1H3. The van der Waals surface area contributed by atoms with Gasteiger partial charge in [0.05, 0.1) is 0 Å². The van der Waals surface area contributed by atoms with E-state index in [1.807, 2.05) is 42.5 Å². The number of benzene rings is 3. The van der Waals surface area contributed by atoms with Gasteiger partial charge in [0.1, 0.15) is 18.1 Å². The minimum atomic E-state index is -2.86. The third-order valence-corrected chi connectivity index (χ3v) is 4.26. The Bertz CT molecular complexity index is 913. The van der Waals surface area contributed by atoms with Gasteiger partial charge in [0, 0.05) is 19.2 Å². The van der Waals surface area contributed by atoms with E-state index in [2.05, 4.69) is 4.74 Å². The van der Waals surface area contributed by atoms with Crippen molar-refractivity contribution >= 4 is 5.91 Å². The van der Waals surface area contributed by atoms with E-state index in [9.17, 15) is 13.6 Å². The van der Waals surface area contributed by atoms with Crippen LogP contribution < -0.4 is 9.47 Å². The largest absolute Gasteiger partial charge is 0.489 e. The van der Waals surface area contributed by atoms with Crippen molar-refractivity contribution in [3.63, 3.8) is 0 Å². The summed E-state index contributed by atoms with van der Waals surface area (Å²) in [6, 6.07) is 23.0. The average Bonchev–Trinajstić information content (AvgIpc) is 2.74. The van der Waals surface area contributed by atoms with Crippen LogP contribution in [-0.4, -0.2) is 24.5 Å². The summed E-state index contributed by atoms with van der Waals surface area (Å²) in [7, 11) is 1.69. The molecule has 29 heavy (non-hydrogen) atoms. The number of ether oxygens (including phenoxy) is 2. The van der Waals surface area contributed by atoms with E-state index in [4.69, 9.17) is 4.74 Å². The second-order valence-electron chi connectivity index (χ2n) is 6.48. The van der Waals surface area contributed by atoms with Crippen molar-refractivity contribution in [2.75, 3.05) is 7.05 Å². The molecule has 1 amide bonds. The van der Waals surface area contributed by atoms with Crippen LogP contribution in [0.25, 0.3) is 0 Å². The highest BCUT2D eigenvalue weighted by atomic mass is 19.3. The number of alkyl halides is 2. The first-order valence-electron chi connectivity index (χ1n) is 9.07. The van der Waals surface area contributed by atoms with E-state index in [0.717, 1.165) is 16.9 Å². The van der Waals surface area contributed by atoms with Crippen LogP contribution >= 0.6 is 0 Å². The maximum atomic E-state index is 12.6. The Labute approximate surface area is 168 Å². The Morgan fingerprint density at radius 2 is 1.48 bits per heavy atom. The summed E-state index contributed by atoms with van der Waals surface area (Å²) in [4.78, 5) is 14.2. The van der Waals surface area contributed by atoms with Crippen molar-refractivity contribution in [3.8, 4) is 11.5 Å². The number of hydrogen-bond acceptors (Lipinski definition) is 3. The average molecular weight is 397 g/mol. The van der Waals surface area contributed by atoms with Gasteiger partial charge in [-0.2, -0.15) is 8.78 Å².